The molecule has 21 heavy (non-hydrogen) atoms. The molecule has 0 saturated carbocycles. The lowest BCUT2D eigenvalue weighted by molar-refractivity contribution is 0.142. The van der Waals surface area contributed by atoms with E-state index in [1.165, 1.54) is 0 Å². The van der Waals surface area contributed by atoms with Crippen LogP contribution in [0.4, 0.5) is 0 Å². The highest BCUT2D eigenvalue weighted by Crippen LogP contribution is 2.18. The molecule has 0 fully saturated rings. The summed E-state index contributed by atoms with van der Waals surface area (Å²) in [7, 11) is 0. The van der Waals surface area contributed by atoms with E-state index in [0.29, 0.717) is 0 Å². The molecule has 1 aromatic heterocycles. The highest BCUT2D eigenvalue weighted by Gasteiger charge is 2.25. The van der Waals surface area contributed by atoms with Gasteiger partial charge in [0, 0.05) is 24.9 Å². The number of aryl methyl sites for hydroxylation is 3. The second kappa shape index (κ2) is 9.15. The standard InChI is InChI=1S/C16H32N4O/c1-5-11-17-16(8-4,13-21)10-9-12-20-15(7-3)18-14(6-2)19-20/h17,21H,5-13H2,1-4H3. The van der Waals surface area contributed by atoms with Gasteiger partial charge in [-0.15, -0.1) is 0 Å². The molecule has 122 valence electrons. The van der Waals surface area contributed by atoms with Crippen LogP contribution in [0.2, 0.25) is 0 Å². The zero-order chi connectivity index (χ0) is 15.7. The fourth-order valence-electron chi connectivity index (χ4n) is 2.61. The number of hydrogen-bond donors (Lipinski definition) is 2. The topological polar surface area (TPSA) is 63.0 Å². The molecule has 1 rings (SSSR count). The summed E-state index contributed by atoms with van der Waals surface area (Å²) in [6.45, 7) is 10.5. The van der Waals surface area contributed by atoms with Gasteiger partial charge in [0.1, 0.15) is 5.82 Å². The van der Waals surface area contributed by atoms with Gasteiger partial charge in [0.25, 0.3) is 0 Å². The number of hydrogen-bond acceptors (Lipinski definition) is 4. The van der Waals surface area contributed by atoms with Crippen molar-refractivity contribution in [2.75, 3.05) is 13.2 Å². The number of nitrogens with one attached hydrogen (secondary N) is 1. The van der Waals surface area contributed by atoms with Crippen molar-refractivity contribution in [2.24, 2.45) is 0 Å². The highest BCUT2D eigenvalue weighted by atomic mass is 16.3. The summed E-state index contributed by atoms with van der Waals surface area (Å²) in [5, 5.41) is 17.8. The van der Waals surface area contributed by atoms with E-state index in [9.17, 15) is 5.11 Å². The number of aromatic nitrogens is 3. The average Bonchev–Trinajstić information content (AvgIpc) is 2.93. The molecule has 0 saturated heterocycles. The Hall–Kier alpha value is -0.940. The first-order chi connectivity index (χ1) is 10.1. The lowest BCUT2D eigenvalue weighted by Gasteiger charge is -2.32. The van der Waals surface area contributed by atoms with Gasteiger partial charge in [-0.1, -0.05) is 27.7 Å². The van der Waals surface area contributed by atoms with E-state index in [2.05, 4.69) is 43.1 Å². The molecular formula is C16H32N4O. The molecule has 0 radical (unpaired) electrons. The van der Waals surface area contributed by atoms with Crippen molar-refractivity contribution in [1.29, 1.82) is 0 Å². The van der Waals surface area contributed by atoms with Crippen LogP contribution in [-0.2, 0) is 19.4 Å². The maximum absolute atomic E-state index is 9.75. The van der Waals surface area contributed by atoms with Crippen molar-refractivity contribution in [3.63, 3.8) is 0 Å². The molecule has 0 aliphatic carbocycles. The van der Waals surface area contributed by atoms with Gasteiger partial charge < -0.3 is 10.4 Å². The Bertz CT molecular complexity index is 399. The molecule has 0 aliphatic rings. The van der Waals surface area contributed by atoms with Crippen LogP contribution in [0, 0.1) is 0 Å². The second-order valence-electron chi connectivity index (χ2n) is 5.70. The predicted molar refractivity (Wildman–Crippen MR) is 86.4 cm³/mol. The van der Waals surface area contributed by atoms with Crippen LogP contribution < -0.4 is 5.32 Å². The molecule has 1 aromatic rings. The van der Waals surface area contributed by atoms with Gasteiger partial charge in [0.05, 0.1) is 6.61 Å². The minimum absolute atomic E-state index is 0.142. The molecule has 1 unspecified atom stereocenters. The first kappa shape index (κ1) is 18.1. The first-order valence-electron chi connectivity index (χ1n) is 8.43. The largest absolute Gasteiger partial charge is 0.394 e. The zero-order valence-corrected chi connectivity index (χ0v) is 14.2. The van der Waals surface area contributed by atoms with Crippen LogP contribution in [0.3, 0.4) is 0 Å². The van der Waals surface area contributed by atoms with E-state index in [1.807, 2.05) is 4.68 Å². The van der Waals surface area contributed by atoms with Gasteiger partial charge in [-0.25, -0.2) is 9.67 Å². The number of nitrogens with zero attached hydrogens (tertiary/aromatic N) is 3. The van der Waals surface area contributed by atoms with Crippen LogP contribution >= 0.6 is 0 Å². The summed E-state index contributed by atoms with van der Waals surface area (Å²) in [5.41, 5.74) is -0.142. The van der Waals surface area contributed by atoms with Gasteiger partial charge in [0.2, 0.25) is 0 Å². The molecule has 0 bridgehead atoms. The molecule has 0 spiro atoms. The van der Waals surface area contributed by atoms with E-state index in [-0.39, 0.29) is 12.1 Å². The fourth-order valence-corrected chi connectivity index (χ4v) is 2.61. The zero-order valence-electron chi connectivity index (χ0n) is 14.2. The Balaban J connectivity index is 2.59. The van der Waals surface area contributed by atoms with E-state index >= 15 is 0 Å². The Kier molecular flexibility index (Phi) is 7.89. The van der Waals surface area contributed by atoms with Crippen molar-refractivity contribution < 1.29 is 5.11 Å². The third-order valence-corrected chi connectivity index (χ3v) is 4.18. The highest BCUT2D eigenvalue weighted by molar-refractivity contribution is 4.93. The molecule has 1 atom stereocenters. The smallest absolute Gasteiger partial charge is 0.150 e. The Labute approximate surface area is 129 Å². The summed E-state index contributed by atoms with van der Waals surface area (Å²) in [5.74, 6) is 2.00. The maximum atomic E-state index is 9.75. The maximum Gasteiger partial charge on any atom is 0.150 e. The van der Waals surface area contributed by atoms with Crippen molar-refractivity contribution in [2.45, 2.75) is 78.3 Å². The summed E-state index contributed by atoms with van der Waals surface area (Å²) in [4.78, 5) is 4.54. The van der Waals surface area contributed by atoms with Crippen molar-refractivity contribution in [3.05, 3.63) is 11.6 Å². The minimum Gasteiger partial charge on any atom is -0.394 e. The van der Waals surface area contributed by atoms with Crippen molar-refractivity contribution in [3.8, 4) is 0 Å². The van der Waals surface area contributed by atoms with Gasteiger partial charge >= 0.3 is 0 Å². The monoisotopic (exact) mass is 296 g/mol. The molecule has 2 N–H and O–H groups in total. The van der Waals surface area contributed by atoms with Crippen LogP contribution in [0.5, 0.6) is 0 Å². The van der Waals surface area contributed by atoms with Gasteiger partial charge in [-0.2, -0.15) is 5.10 Å². The molecule has 5 heteroatoms. The Morgan fingerprint density at radius 2 is 1.95 bits per heavy atom. The quantitative estimate of drug-likeness (QED) is 0.658. The van der Waals surface area contributed by atoms with Gasteiger partial charge in [0.15, 0.2) is 5.82 Å². The molecule has 1 heterocycles. The van der Waals surface area contributed by atoms with Crippen LogP contribution in [0.15, 0.2) is 0 Å². The number of rotatable bonds is 11. The van der Waals surface area contributed by atoms with E-state index in [4.69, 9.17) is 0 Å². The lowest BCUT2D eigenvalue weighted by atomic mass is 9.91. The summed E-state index contributed by atoms with van der Waals surface area (Å²) in [6, 6.07) is 0. The Morgan fingerprint density at radius 1 is 1.19 bits per heavy atom. The van der Waals surface area contributed by atoms with Crippen molar-refractivity contribution in [1.82, 2.24) is 20.1 Å². The number of aliphatic hydroxyl groups is 1. The molecule has 0 aliphatic heterocycles. The lowest BCUT2D eigenvalue weighted by Crippen LogP contribution is -2.48. The van der Waals surface area contributed by atoms with Crippen LogP contribution in [0.25, 0.3) is 0 Å². The third-order valence-electron chi connectivity index (χ3n) is 4.18. The Morgan fingerprint density at radius 3 is 2.48 bits per heavy atom. The summed E-state index contributed by atoms with van der Waals surface area (Å²) >= 11 is 0. The summed E-state index contributed by atoms with van der Waals surface area (Å²) < 4.78 is 2.04. The first-order valence-corrected chi connectivity index (χ1v) is 8.43. The molecule has 0 amide bonds. The third kappa shape index (κ3) is 5.08. The van der Waals surface area contributed by atoms with E-state index < -0.39 is 0 Å². The predicted octanol–water partition coefficient (Wildman–Crippen LogP) is 2.32. The van der Waals surface area contributed by atoms with Gasteiger partial charge in [-0.05, 0) is 32.2 Å². The van der Waals surface area contributed by atoms with E-state index in [0.717, 1.165) is 63.3 Å². The fraction of sp³-hybridized carbons (Fsp3) is 0.875. The summed E-state index contributed by atoms with van der Waals surface area (Å²) in [6.07, 6.45) is 5.80. The van der Waals surface area contributed by atoms with Crippen molar-refractivity contribution >= 4 is 0 Å². The van der Waals surface area contributed by atoms with Crippen LogP contribution in [-0.4, -0.2) is 38.6 Å². The SMILES string of the molecule is CCCNC(CC)(CO)CCCn1nc(CC)nc1CC. The molecule has 0 aromatic carbocycles. The molecular weight excluding hydrogens is 264 g/mol. The van der Waals surface area contributed by atoms with Crippen LogP contribution in [0.1, 0.15) is 65.0 Å². The minimum atomic E-state index is -0.142. The second-order valence-corrected chi connectivity index (χ2v) is 5.70. The van der Waals surface area contributed by atoms with E-state index in [1.54, 1.807) is 0 Å². The average molecular weight is 296 g/mol. The molecule has 5 nitrogen and oxygen atoms in total. The number of aliphatic hydroxyl groups excluding tert-OH is 1. The van der Waals surface area contributed by atoms with Gasteiger partial charge in [-0.3, -0.25) is 0 Å². The normalized spacial score (nSPS) is 14.3.